The zero-order chi connectivity index (χ0) is 18.6. The van der Waals surface area contributed by atoms with Gasteiger partial charge in [-0.3, -0.25) is 4.79 Å². The fraction of sp³-hybridized carbons (Fsp3) is 0.381. The van der Waals surface area contributed by atoms with Gasteiger partial charge in [0.15, 0.2) is 0 Å². The van der Waals surface area contributed by atoms with Gasteiger partial charge < -0.3 is 14.4 Å². The minimum Gasteiger partial charge on any atom is -0.497 e. The van der Waals surface area contributed by atoms with Crippen LogP contribution in [-0.2, 0) is 16.1 Å². The van der Waals surface area contributed by atoms with Crippen LogP contribution in [0.15, 0.2) is 54.6 Å². The van der Waals surface area contributed by atoms with E-state index in [0.717, 1.165) is 23.3 Å². The average Bonchev–Trinajstić information content (AvgIpc) is 3.18. The van der Waals surface area contributed by atoms with Crippen LogP contribution in [-0.4, -0.2) is 43.2 Å². The molecule has 2 saturated heterocycles. The summed E-state index contributed by atoms with van der Waals surface area (Å²) in [5.41, 5.74) is 8.65. The molecule has 0 bridgehead atoms. The molecule has 4 rings (SSSR count). The van der Waals surface area contributed by atoms with Crippen LogP contribution < -0.4 is 15.6 Å². The van der Waals surface area contributed by atoms with E-state index < -0.39 is 0 Å². The van der Waals surface area contributed by atoms with Crippen molar-refractivity contribution in [1.29, 1.82) is 0 Å². The van der Waals surface area contributed by atoms with Crippen molar-refractivity contribution in [3.63, 3.8) is 0 Å². The van der Waals surface area contributed by atoms with Crippen LogP contribution in [0, 0.1) is 0 Å². The van der Waals surface area contributed by atoms with Crippen LogP contribution in [0.5, 0.6) is 5.75 Å². The van der Waals surface area contributed by atoms with Crippen LogP contribution in [0.2, 0.25) is 0 Å². The van der Waals surface area contributed by atoms with E-state index >= 15 is 0 Å². The van der Waals surface area contributed by atoms with Gasteiger partial charge in [-0.2, -0.15) is 0 Å². The number of nitrogens with zero attached hydrogens (tertiary/aromatic N) is 1. The number of carbonyl (C=O) groups excluding carboxylic acids is 1. The van der Waals surface area contributed by atoms with Crippen LogP contribution in [0.4, 0.5) is 0 Å². The SMILES string of the molecule is COc1cccc(C2CC(C(=O)N3CC(OCc4ccccc4)C3)NN2)c1. The van der Waals surface area contributed by atoms with Gasteiger partial charge in [0.05, 0.1) is 19.8 Å². The van der Waals surface area contributed by atoms with Crippen LogP contribution in [0.1, 0.15) is 23.6 Å². The Morgan fingerprint density at radius 3 is 2.70 bits per heavy atom. The van der Waals surface area contributed by atoms with Gasteiger partial charge in [0.2, 0.25) is 5.91 Å². The minimum absolute atomic E-state index is 0.0976. The quantitative estimate of drug-likeness (QED) is 0.818. The Labute approximate surface area is 159 Å². The van der Waals surface area contributed by atoms with Crippen molar-refractivity contribution in [1.82, 2.24) is 15.8 Å². The monoisotopic (exact) mass is 367 g/mol. The number of amides is 1. The molecule has 27 heavy (non-hydrogen) atoms. The third kappa shape index (κ3) is 4.13. The largest absolute Gasteiger partial charge is 0.497 e. The number of nitrogens with one attached hydrogen (secondary N) is 2. The Balaban J connectivity index is 1.24. The topological polar surface area (TPSA) is 62.8 Å². The molecule has 0 radical (unpaired) electrons. The van der Waals surface area contributed by atoms with Crippen molar-refractivity contribution in [2.75, 3.05) is 20.2 Å². The summed E-state index contributed by atoms with van der Waals surface area (Å²) in [6.07, 6.45) is 0.843. The van der Waals surface area contributed by atoms with Gasteiger partial charge in [-0.15, -0.1) is 0 Å². The normalized spacial score (nSPS) is 22.5. The Kier molecular flexibility index (Phi) is 5.38. The summed E-state index contributed by atoms with van der Waals surface area (Å²) in [5, 5.41) is 0. The van der Waals surface area contributed by atoms with Crippen molar-refractivity contribution in [3.8, 4) is 5.75 Å². The summed E-state index contributed by atoms with van der Waals surface area (Å²) < 4.78 is 11.2. The fourth-order valence-corrected chi connectivity index (χ4v) is 3.53. The number of rotatable bonds is 6. The standard InChI is InChI=1S/C21H25N3O3/c1-26-17-9-5-8-16(10-17)19-11-20(23-22-19)21(25)24-12-18(13-24)27-14-15-6-3-2-4-7-15/h2-10,18-20,22-23H,11-14H2,1H3. The number of hydrazine groups is 1. The molecule has 2 heterocycles. The maximum Gasteiger partial charge on any atom is 0.241 e. The molecule has 2 N–H and O–H groups in total. The van der Waals surface area contributed by atoms with Crippen molar-refractivity contribution in [2.45, 2.75) is 31.2 Å². The zero-order valence-electron chi connectivity index (χ0n) is 15.4. The second kappa shape index (κ2) is 8.08. The first-order chi connectivity index (χ1) is 13.2. The van der Waals surface area contributed by atoms with Crippen LogP contribution >= 0.6 is 0 Å². The second-order valence-corrected chi connectivity index (χ2v) is 7.07. The highest BCUT2D eigenvalue weighted by atomic mass is 16.5. The number of benzene rings is 2. The molecule has 2 aromatic rings. The highest BCUT2D eigenvalue weighted by molar-refractivity contribution is 5.83. The molecule has 2 unspecified atom stereocenters. The average molecular weight is 367 g/mol. The van der Waals surface area contributed by atoms with Crippen molar-refractivity contribution in [3.05, 3.63) is 65.7 Å². The van der Waals surface area contributed by atoms with E-state index in [1.165, 1.54) is 0 Å². The molecule has 2 aliphatic rings. The minimum atomic E-state index is -0.212. The van der Waals surface area contributed by atoms with Gasteiger partial charge >= 0.3 is 0 Å². The molecule has 0 saturated carbocycles. The molecule has 6 nitrogen and oxygen atoms in total. The molecule has 2 aromatic carbocycles. The molecule has 0 spiro atoms. The lowest BCUT2D eigenvalue weighted by atomic mass is 10.00. The number of likely N-dealkylation sites (tertiary alicyclic amines) is 1. The Bertz CT molecular complexity index is 777. The lowest BCUT2D eigenvalue weighted by molar-refractivity contribution is -0.147. The van der Waals surface area contributed by atoms with Gasteiger partial charge in [-0.25, -0.2) is 10.9 Å². The number of carbonyl (C=O) groups is 1. The summed E-state index contributed by atoms with van der Waals surface area (Å²) in [6, 6.07) is 17.9. The van der Waals surface area contributed by atoms with E-state index in [2.05, 4.69) is 23.0 Å². The molecular weight excluding hydrogens is 342 g/mol. The highest BCUT2D eigenvalue weighted by Gasteiger charge is 2.38. The van der Waals surface area contributed by atoms with Gasteiger partial charge in [-0.05, 0) is 29.7 Å². The van der Waals surface area contributed by atoms with Crippen molar-refractivity contribution in [2.24, 2.45) is 0 Å². The molecule has 1 amide bonds. The predicted molar refractivity (Wildman–Crippen MR) is 102 cm³/mol. The first-order valence-electron chi connectivity index (χ1n) is 9.32. The highest BCUT2D eigenvalue weighted by Crippen LogP contribution is 2.27. The second-order valence-electron chi connectivity index (χ2n) is 7.07. The zero-order valence-corrected chi connectivity index (χ0v) is 15.4. The maximum absolute atomic E-state index is 12.7. The third-order valence-corrected chi connectivity index (χ3v) is 5.19. The Morgan fingerprint density at radius 2 is 1.93 bits per heavy atom. The lowest BCUT2D eigenvalue weighted by Gasteiger charge is -2.40. The maximum atomic E-state index is 12.7. The summed E-state index contributed by atoms with van der Waals surface area (Å²) in [5.74, 6) is 0.956. The van der Waals surface area contributed by atoms with Crippen molar-refractivity contribution < 1.29 is 14.3 Å². The third-order valence-electron chi connectivity index (χ3n) is 5.19. The number of hydrogen-bond donors (Lipinski definition) is 2. The van der Waals surface area contributed by atoms with Gasteiger partial charge in [0.25, 0.3) is 0 Å². The van der Waals surface area contributed by atoms with E-state index in [1.807, 2.05) is 47.4 Å². The van der Waals surface area contributed by atoms with E-state index in [9.17, 15) is 4.79 Å². The molecule has 142 valence electrons. The van der Waals surface area contributed by atoms with E-state index in [1.54, 1.807) is 7.11 Å². The summed E-state index contributed by atoms with van der Waals surface area (Å²) in [6.45, 7) is 1.91. The predicted octanol–water partition coefficient (Wildman–Crippen LogP) is 2.03. The summed E-state index contributed by atoms with van der Waals surface area (Å²) in [4.78, 5) is 14.6. The first-order valence-corrected chi connectivity index (χ1v) is 9.32. The van der Waals surface area contributed by atoms with Crippen LogP contribution in [0.25, 0.3) is 0 Å². The molecule has 2 fully saturated rings. The van der Waals surface area contributed by atoms with Crippen molar-refractivity contribution >= 4 is 5.91 Å². The molecule has 2 aliphatic heterocycles. The lowest BCUT2D eigenvalue weighted by Crippen LogP contribution is -2.59. The van der Waals surface area contributed by atoms with Gasteiger partial charge in [0.1, 0.15) is 11.8 Å². The molecule has 6 heteroatoms. The summed E-state index contributed by atoms with van der Waals surface area (Å²) >= 11 is 0. The number of ether oxygens (including phenoxy) is 2. The molecule has 2 atom stereocenters. The Morgan fingerprint density at radius 1 is 1.11 bits per heavy atom. The van der Waals surface area contributed by atoms with Gasteiger partial charge in [0, 0.05) is 19.1 Å². The molecular formula is C21H25N3O3. The number of methoxy groups -OCH3 is 1. The number of hydrogen-bond acceptors (Lipinski definition) is 5. The smallest absolute Gasteiger partial charge is 0.241 e. The van der Waals surface area contributed by atoms with Crippen LogP contribution in [0.3, 0.4) is 0 Å². The molecule has 0 aliphatic carbocycles. The van der Waals surface area contributed by atoms with E-state index in [0.29, 0.717) is 19.7 Å². The molecule has 0 aromatic heterocycles. The van der Waals surface area contributed by atoms with E-state index in [4.69, 9.17) is 9.47 Å². The Hall–Kier alpha value is -2.41. The first kappa shape index (κ1) is 18.0. The fourth-order valence-electron chi connectivity index (χ4n) is 3.53. The van der Waals surface area contributed by atoms with Gasteiger partial charge in [-0.1, -0.05) is 42.5 Å². The summed E-state index contributed by atoms with van der Waals surface area (Å²) in [7, 11) is 1.66. The van der Waals surface area contributed by atoms with E-state index in [-0.39, 0.29) is 24.1 Å².